The molecule has 0 bridgehead atoms. The zero-order valence-corrected chi connectivity index (χ0v) is 14.6. The zero-order valence-electron chi connectivity index (χ0n) is 13.9. The summed E-state index contributed by atoms with van der Waals surface area (Å²) in [6, 6.07) is 0.749. The Morgan fingerprint density at radius 1 is 1.58 bits per heavy atom. The number of carbonyl (C=O) groups excluding carboxylic acids is 1. The van der Waals surface area contributed by atoms with E-state index in [0.29, 0.717) is 6.61 Å². The van der Waals surface area contributed by atoms with Crippen LogP contribution >= 0.6 is 11.6 Å². The number of carbonyl (C=O) groups is 1. The van der Waals surface area contributed by atoms with Crippen LogP contribution in [0.1, 0.15) is 46.0 Å². The van der Waals surface area contributed by atoms with Gasteiger partial charge in [-0.3, -0.25) is 4.79 Å². The topological polar surface area (TPSA) is 55.6 Å². The van der Waals surface area contributed by atoms with E-state index < -0.39 is 5.82 Å². The van der Waals surface area contributed by atoms with Crippen molar-refractivity contribution in [2.75, 3.05) is 11.9 Å². The number of nitrogens with one attached hydrogen (secondary N) is 1. The van der Waals surface area contributed by atoms with Crippen molar-refractivity contribution in [3.05, 3.63) is 28.5 Å². The van der Waals surface area contributed by atoms with E-state index in [9.17, 15) is 9.18 Å². The molecule has 0 aliphatic heterocycles. The van der Waals surface area contributed by atoms with E-state index in [2.05, 4.69) is 22.1 Å². The lowest BCUT2D eigenvalue weighted by Crippen LogP contribution is -2.39. The molecule has 24 heavy (non-hydrogen) atoms. The molecule has 0 aromatic carbocycles. The quantitative estimate of drug-likeness (QED) is 0.456. The number of halogens is 2. The van der Waals surface area contributed by atoms with Crippen molar-refractivity contribution >= 4 is 29.1 Å². The summed E-state index contributed by atoms with van der Waals surface area (Å²) < 4.78 is 19.3. The first-order valence-electron chi connectivity index (χ1n) is 8.05. The van der Waals surface area contributed by atoms with Crippen molar-refractivity contribution < 1.29 is 13.9 Å². The Balaban J connectivity index is 2.26. The molecule has 7 heteroatoms. The minimum atomic E-state index is -0.652. The molecule has 0 amide bonds. The second-order valence-corrected chi connectivity index (χ2v) is 6.67. The number of hydrogen-bond donors (Lipinski definition) is 1. The fourth-order valence-corrected chi connectivity index (χ4v) is 3.37. The van der Waals surface area contributed by atoms with Crippen molar-refractivity contribution in [1.29, 1.82) is 0 Å². The van der Waals surface area contributed by atoms with Crippen molar-refractivity contribution in [2.24, 2.45) is 5.41 Å². The molecule has 2 rings (SSSR count). The van der Waals surface area contributed by atoms with Crippen LogP contribution in [0.3, 0.4) is 0 Å². The molecule has 1 aromatic heterocycles. The molecule has 1 N–H and O–H groups in total. The number of hydrogen-bond acceptors (Lipinski definition) is 4. The highest BCUT2D eigenvalue weighted by Gasteiger charge is 2.39. The normalized spacial score (nSPS) is 17.1. The standard InChI is InChI=1S/C17H21ClFN3O2/c1-4-24-14(23)10-13(17(2)7-5-6-8-17)21-16-11(19)9-12(20-3)15(18)22-16/h9,13H,4-8,10H2,1-2H3,(H,21,22). The first-order chi connectivity index (χ1) is 11.4. The van der Waals surface area contributed by atoms with Gasteiger partial charge in [0.25, 0.3) is 0 Å². The lowest BCUT2D eigenvalue weighted by Gasteiger charge is -2.34. The molecular formula is C17H21ClFN3O2. The maximum atomic E-state index is 14.2. The van der Waals surface area contributed by atoms with Gasteiger partial charge in [-0.25, -0.2) is 14.2 Å². The van der Waals surface area contributed by atoms with E-state index in [1.54, 1.807) is 6.92 Å². The molecule has 0 radical (unpaired) electrons. The smallest absolute Gasteiger partial charge is 0.307 e. The van der Waals surface area contributed by atoms with Crippen LogP contribution in [0.2, 0.25) is 5.15 Å². The molecular weight excluding hydrogens is 333 g/mol. The third kappa shape index (κ3) is 4.15. The first-order valence-corrected chi connectivity index (χ1v) is 8.43. The summed E-state index contributed by atoms with van der Waals surface area (Å²) in [5.41, 5.74) is -0.181. The second kappa shape index (κ2) is 7.80. The highest BCUT2D eigenvalue weighted by Crippen LogP contribution is 2.43. The van der Waals surface area contributed by atoms with Gasteiger partial charge >= 0.3 is 5.97 Å². The fraction of sp³-hybridized carbons (Fsp3) is 0.588. The van der Waals surface area contributed by atoms with E-state index in [1.165, 1.54) is 0 Å². The average molecular weight is 354 g/mol. The predicted molar refractivity (Wildman–Crippen MR) is 90.7 cm³/mol. The maximum absolute atomic E-state index is 14.2. The molecule has 0 spiro atoms. The molecule has 130 valence electrons. The van der Waals surface area contributed by atoms with Gasteiger partial charge < -0.3 is 10.1 Å². The molecule has 1 saturated carbocycles. The van der Waals surface area contributed by atoms with Crippen molar-refractivity contribution in [2.45, 2.75) is 52.0 Å². The molecule has 1 heterocycles. The summed E-state index contributed by atoms with van der Waals surface area (Å²) in [7, 11) is 0. The third-order valence-electron chi connectivity index (χ3n) is 4.61. The molecule has 1 aliphatic rings. The van der Waals surface area contributed by atoms with E-state index in [1.807, 2.05) is 0 Å². The average Bonchev–Trinajstić information content (AvgIpc) is 2.98. The van der Waals surface area contributed by atoms with Crippen molar-refractivity contribution in [3.8, 4) is 0 Å². The third-order valence-corrected chi connectivity index (χ3v) is 4.88. The number of pyridine rings is 1. The van der Waals surface area contributed by atoms with E-state index in [4.69, 9.17) is 22.9 Å². The zero-order chi connectivity index (χ0) is 17.7. The summed E-state index contributed by atoms with van der Waals surface area (Å²) in [4.78, 5) is 19.0. The van der Waals surface area contributed by atoms with Crippen molar-refractivity contribution in [1.82, 2.24) is 4.98 Å². The van der Waals surface area contributed by atoms with Gasteiger partial charge in [-0.2, -0.15) is 0 Å². The van der Waals surface area contributed by atoms with Gasteiger partial charge in [0.2, 0.25) is 5.69 Å². The molecule has 1 aromatic rings. The van der Waals surface area contributed by atoms with Crippen LogP contribution in [0.4, 0.5) is 15.9 Å². The van der Waals surface area contributed by atoms with Gasteiger partial charge in [0.15, 0.2) is 11.6 Å². The number of nitrogens with zero attached hydrogens (tertiary/aromatic N) is 2. The van der Waals surface area contributed by atoms with Gasteiger partial charge in [-0.05, 0) is 31.2 Å². The van der Waals surface area contributed by atoms with Crippen LogP contribution in [0.5, 0.6) is 0 Å². The number of rotatable bonds is 6. The van der Waals surface area contributed by atoms with Crippen LogP contribution in [-0.4, -0.2) is 23.6 Å². The van der Waals surface area contributed by atoms with Crippen LogP contribution in [0.25, 0.3) is 4.85 Å². The summed E-state index contributed by atoms with van der Waals surface area (Å²) in [6.45, 7) is 11.1. The number of esters is 1. The maximum Gasteiger partial charge on any atom is 0.307 e. The minimum Gasteiger partial charge on any atom is -0.466 e. The fourth-order valence-electron chi connectivity index (χ4n) is 3.19. The van der Waals surface area contributed by atoms with E-state index in [0.717, 1.165) is 31.7 Å². The Kier molecular flexibility index (Phi) is 6.00. The molecule has 5 nitrogen and oxygen atoms in total. The van der Waals surface area contributed by atoms with Gasteiger partial charge in [0.05, 0.1) is 19.6 Å². The summed E-state index contributed by atoms with van der Waals surface area (Å²) in [5.74, 6) is -1.01. The second-order valence-electron chi connectivity index (χ2n) is 6.31. The molecule has 1 atom stereocenters. The Labute approximate surface area is 146 Å². The predicted octanol–water partition coefficient (Wildman–Crippen LogP) is 4.74. The Hall–Kier alpha value is -1.87. The Bertz CT molecular complexity index is 654. The lowest BCUT2D eigenvalue weighted by molar-refractivity contribution is -0.144. The Morgan fingerprint density at radius 3 is 2.83 bits per heavy atom. The molecule has 1 unspecified atom stereocenters. The van der Waals surface area contributed by atoms with Crippen LogP contribution in [0.15, 0.2) is 6.07 Å². The summed E-state index contributed by atoms with van der Waals surface area (Å²) >= 11 is 5.91. The highest BCUT2D eigenvalue weighted by atomic mass is 35.5. The van der Waals surface area contributed by atoms with Gasteiger partial charge in [-0.15, -0.1) is 0 Å². The molecule has 1 aliphatic carbocycles. The largest absolute Gasteiger partial charge is 0.466 e. The van der Waals surface area contributed by atoms with Crippen LogP contribution < -0.4 is 5.32 Å². The summed E-state index contributed by atoms with van der Waals surface area (Å²) in [5, 5.41) is 2.98. The number of anilines is 1. The monoisotopic (exact) mass is 353 g/mol. The molecule has 1 fully saturated rings. The van der Waals surface area contributed by atoms with Crippen LogP contribution in [0, 0.1) is 17.8 Å². The van der Waals surface area contributed by atoms with E-state index >= 15 is 0 Å². The van der Waals surface area contributed by atoms with Crippen molar-refractivity contribution in [3.63, 3.8) is 0 Å². The Morgan fingerprint density at radius 2 is 2.25 bits per heavy atom. The van der Waals surface area contributed by atoms with Gasteiger partial charge in [-0.1, -0.05) is 31.4 Å². The minimum absolute atomic E-state index is 0.0326. The van der Waals surface area contributed by atoms with Gasteiger partial charge in [0.1, 0.15) is 5.15 Å². The molecule has 0 saturated heterocycles. The highest BCUT2D eigenvalue weighted by molar-refractivity contribution is 6.32. The lowest BCUT2D eigenvalue weighted by atomic mass is 9.79. The number of aromatic nitrogens is 1. The van der Waals surface area contributed by atoms with Gasteiger partial charge in [0, 0.05) is 6.04 Å². The van der Waals surface area contributed by atoms with Crippen LogP contribution in [-0.2, 0) is 9.53 Å². The SMILES string of the molecule is [C-]#[N+]c1cc(F)c(NC(CC(=O)OCC)C2(C)CCCC2)nc1Cl. The van der Waals surface area contributed by atoms with E-state index in [-0.39, 0.29) is 40.5 Å². The number of ether oxygens (including phenoxy) is 1. The first kappa shape index (κ1) is 18.5. The summed E-state index contributed by atoms with van der Waals surface area (Å²) in [6.07, 6.45) is 4.17.